The Kier molecular flexibility index (Phi) is 7.02. The predicted octanol–water partition coefficient (Wildman–Crippen LogP) is 4.37. The van der Waals surface area contributed by atoms with Gasteiger partial charge in [0, 0.05) is 25.3 Å². The molecule has 1 heterocycles. The Morgan fingerprint density at radius 2 is 1.62 bits per heavy atom. The number of nitrogens with zero attached hydrogens (tertiary/aromatic N) is 2. The summed E-state index contributed by atoms with van der Waals surface area (Å²) in [7, 11) is 4.59. The van der Waals surface area contributed by atoms with Crippen LogP contribution in [0.15, 0.2) is 60.7 Å². The Balaban J connectivity index is 1.42. The van der Waals surface area contributed by atoms with Gasteiger partial charge in [-0.2, -0.15) is 0 Å². The second-order valence-electron chi connectivity index (χ2n) is 10.4. The minimum Gasteiger partial charge on any atom is -0.375 e. The van der Waals surface area contributed by atoms with E-state index in [9.17, 15) is 9.90 Å². The highest BCUT2D eigenvalue weighted by Gasteiger charge is 2.50. The van der Waals surface area contributed by atoms with Gasteiger partial charge in [0.15, 0.2) is 5.60 Å². The van der Waals surface area contributed by atoms with Gasteiger partial charge in [-0.1, -0.05) is 73.5 Å². The van der Waals surface area contributed by atoms with Crippen LogP contribution < -0.4 is 0 Å². The van der Waals surface area contributed by atoms with Crippen LogP contribution in [0.4, 0.5) is 0 Å². The SMILES string of the molecule is C[N+](C)(CCCc1ccccc1)[C@@H]1CCN(C(=O)C(O)(c2ccccc2)C2CCCC2)C1. The summed E-state index contributed by atoms with van der Waals surface area (Å²) in [5.74, 6) is -0.0628. The summed E-state index contributed by atoms with van der Waals surface area (Å²) >= 11 is 0. The quantitative estimate of drug-likeness (QED) is 0.626. The number of quaternary nitrogens is 1. The number of amides is 1. The molecule has 4 heteroatoms. The zero-order valence-corrected chi connectivity index (χ0v) is 19.7. The first kappa shape index (κ1) is 23.0. The third-order valence-corrected chi connectivity index (χ3v) is 7.97. The molecule has 2 fully saturated rings. The molecule has 1 saturated heterocycles. The van der Waals surface area contributed by atoms with Crippen LogP contribution in [0.3, 0.4) is 0 Å². The highest BCUT2D eigenvalue weighted by Crippen LogP contribution is 2.42. The van der Waals surface area contributed by atoms with E-state index in [0.29, 0.717) is 6.04 Å². The van der Waals surface area contributed by atoms with Crippen molar-refractivity contribution in [2.24, 2.45) is 5.92 Å². The summed E-state index contributed by atoms with van der Waals surface area (Å²) in [6, 6.07) is 20.7. The molecule has 1 aliphatic heterocycles. The average molecular weight is 436 g/mol. The molecule has 4 rings (SSSR count). The second-order valence-corrected chi connectivity index (χ2v) is 10.4. The molecular weight excluding hydrogens is 396 g/mol. The van der Waals surface area contributed by atoms with E-state index in [-0.39, 0.29) is 11.8 Å². The lowest BCUT2D eigenvalue weighted by Crippen LogP contribution is -2.54. The first-order valence-electron chi connectivity index (χ1n) is 12.3. The number of hydrogen-bond acceptors (Lipinski definition) is 2. The minimum atomic E-state index is -1.39. The Hall–Kier alpha value is -2.17. The lowest BCUT2D eigenvalue weighted by Gasteiger charge is -2.38. The molecule has 2 aromatic carbocycles. The molecule has 2 aromatic rings. The molecule has 4 nitrogen and oxygen atoms in total. The summed E-state index contributed by atoms with van der Waals surface area (Å²) in [5.41, 5.74) is 0.758. The molecule has 32 heavy (non-hydrogen) atoms. The topological polar surface area (TPSA) is 40.5 Å². The van der Waals surface area contributed by atoms with Gasteiger partial charge in [-0.3, -0.25) is 4.79 Å². The summed E-state index contributed by atoms with van der Waals surface area (Å²) in [5, 5.41) is 11.9. The summed E-state index contributed by atoms with van der Waals surface area (Å²) in [6.45, 7) is 2.57. The van der Waals surface area contributed by atoms with E-state index in [0.717, 1.165) is 74.6 Å². The minimum absolute atomic E-state index is 0.0184. The molecule has 0 bridgehead atoms. The zero-order valence-electron chi connectivity index (χ0n) is 19.7. The maximum absolute atomic E-state index is 13.8. The summed E-state index contributed by atoms with van der Waals surface area (Å²) in [6.07, 6.45) is 7.28. The summed E-state index contributed by atoms with van der Waals surface area (Å²) < 4.78 is 0.920. The first-order chi connectivity index (χ1) is 15.4. The van der Waals surface area contributed by atoms with Crippen LogP contribution >= 0.6 is 0 Å². The Morgan fingerprint density at radius 1 is 1.00 bits per heavy atom. The van der Waals surface area contributed by atoms with Crippen LogP contribution in [0.1, 0.15) is 49.7 Å². The molecule has 0 radical (unpaired) electrons. The van der Waals surface area contributed by atoms with E-state index in [1.807, 2.05) is 35.2 Å². The number of carbonyl (C=O) groups excluding carboxylic acids is 1. The van der Waals surface area contributed by atoms with Gasteiger partial charge in [-0.25, -0.2) is 0 Å². The van der Waals surface area contributed by atoms with Crippen LogP contribution in [0.2, 0.25) is 0 Å². The van der Waals surface area contributed by atoms with Gasteiger partial charge in [-0.05, 0) is 30.4 Å². The van der Waals surface area contributed by atoms with E-state index in [1.54, 1.807) is 0 Å². The molecule has 2 aliphatic rings. The van der Waals surface area contributed by atoms with Crippen molar-refractivity contribution in [2.75, 3.05) is 33.7 Å². The van der Waals surface area contributed by atoms with Gasteiger partial charge in [0.2, 0.25) is 0 Å². The van der Waals surface area contributed by atoms with Crippen LogP contribution in [0.5, 0.6) is 0 Å². The maximum Gasteiger partial charge on any atom is 0.259 e. The summed E-state index contributed by atoms with van der Waals surface area (Å²) in [4.78, 5) is 15.7. The smallest absolute Gasteiger partial charge is 0.259 e. The zero-order chi connectivity index (χ0) is 22.6. The number of likely N-dealkylation sites (tertiary alicyclic amines) is 1. The Labute approximate surface area is 193 Å². The van der Waals surface area contributed by atoms with E-state index in [4.69, 9.17) is 0 Å². The molecule has 1 aliphatic carbocycles. The number of rotatable bonds is 8. The number of hydrogen-bond donors (Lipinski definition) is 1. The number of aryl methyl sites for hydroxylation is 1. The largest absolute Gasteiger partial charge is 0.375 e. The molecule has 172 valence electrons. The highest BCUT2D eigenvalue weighted by molar-refractivity contribution is 5.87. The van der Waals surface area contributed by atoms with Crippen LogP contribution in [-0.4, -0.2) is 60.2 Å². The van der Waals surface area contributed by atoms with Gasteiger partial charge in [0.25, 0.3) is 5.91 Å². The van der Waals surface area contributed by atoms with E-state index in [2.05, 4.69) is 44.4 Å². The normalized spacial score (nSPS) is 21.6. The van der Waals surface area contributed by atoms with Crippen molar-refractivity contribution in [2.45, 2.75) is 56.6 Å². The predicted molar refractivity (Wildman–Crippen MR) is 129 cm³/mol. The lowest BCUT2D eigenvalue weighted by molar-refractivity contribution is -0.913. The van der Waals surface area contributed by atoms with Crippen molar-refractivity contribution in [1.29, 1.82) is 0 Å². The number of benzene rings is 2. The fourth-order valence-corrected chi connectivity index (χ4v) is 5.83. The number of aliphatic hydroxyl groups is 1. The van der Waals surface area contributed by atoms with Crippen molar-refractivity contribution in [3.63, 3.8) is 0 Å². The number of likely N-dealkylation sites (N-methyl/N-ethyl adjacent to an activating group) is 1. The van der Waals surface area contributed by atoms with Gasteiger partial charge in [-0.15, -0.1) is 0 Å². The molecule has 1 saturated carbocycles. The molecule has 1 unspecified atom stereocenters. The fourth-order valence-electron chi connectivity index (χ4n) is 5.83. The highest BCUT2D eigenvalue weighted by atomic mass is 16.3. The third-order valence-electron chi connectivity index (χ3n) is 7.97. The molecule has 1 amide bonds. The third kappa shape index (κ3) is 4.77. The molecule has 2 atom stereocenters. The maximum atomic E-state index is 13.8. The van der Waals surface area contributed by atoms with E-state index in [1.165, 1.54) is 5.56 Å². The van der Waals surface area contributed by atoms with Crippen molar-refractivity contribution in [1.82, 2.24) is 4.90 Å². The van der Waals surface area contributed by atoms with Crippen LogP contribution in [-0.2, 0) is 16.8 Å². The van der Waals surface area contributed by atoms with Crippen molar-refractivity contribution < 1.29 is 14.4 Å². The van der Waals surface area contributed by atoms with Gasteiger partial charge < -0.3 is 14.5 Å². The average Bonchev–Trinajstić information content (AvgIpc) is 3.52. The molecule has 1 N–H and O–H groups in total. The Morgan fingerprint density at radius 3 is 2.28 bits per heavy atom. The monoisotopic (exact) mass is 435 g/mol. The molecular formula is C28H39N2O2+. The van der Waals surface area contributed by atoms with E-state index < -0.39 is 5.60 Å². The first-order valence-corrected chi connectivity index (χ1v) is 12.3. The van der Waals surface area contributed by atoms with Crippen LogP contribution in [0, 0.1) is 5.92 Å². The fraction of sp³-hybridized carbons (Fsp3) is 0.536. The Bertz CT molecular complexity index is 877. The molecule has 0 aromatic heterocycles. The van der Waals surface area contributed by atoms with Crippen molar-refractivity contribution in [3.8, 4) is 0 Å². The van der Waals surface area contributed by atoms with Crippen molar-refractivity contribution >= 4 is 5.91 Å². The van der Waals surface area contributed by atoms with Gasteiger partial charge >= 0.3 is 0 Å². The van der Waals surface area contributed by atoms with Crippen LogP contribution in [0.25, 0.3) is 0 Å². The van der Waals surface area contributed by atoms with Gasteiger partial charge in [0.1, 0.15) is 6.04 Å². The van der Waals surface area contributed by atoms with Crippen molar-refractivity contribution in [3.05, 3.63) is 71.8 Å². The van der Waals surface area contributed by atoms with Gasteiger partial charge in [0.05, 0.1) is 27.2 Å². The molecule has 0 spiro atoms. The lowest BCUT2D eigenvalue weighted by atomic mass is 9.79. The van der Waals surface area contributed by atoms with E-state index >= 15 is 0 Å². The standard InChI is InChI=1S/C28H39N2O2/c1-30(2,21-11-14-23-12-5-3-6-13-23)26-19-20-29(22-26)27(31)28(32,25-17-9-10-18-25)24-15-7-4-8-16-24/h3-8,12-13,15-16,25-26,32H,9-11,14,17-22H2,1-2H3/q+1/t26-,28?/m1/s1. The second kappa shape index (κ2) is 9.76. The number of carbonyl (C=O) groups is 1.